The Bertz CT molecular complexity index is 438. The molecule has 0 aliphatic rings. The average molecular weight is 267 g/mol. The highest BCUT2D eigenvalue weighted by atomic mass is 16.5. The largest absolute Gasteiger partial charge is 0.481 e. The fourth-order valence-electron chi connectivity index (χ4n) is 1.87. The Morgan fingerprint density at radius 2 is 2.21 bits per heavy atom. The van der Waals surface area contributed by atoms with Gasteiger partial charge in [0, 0.05) is 13.1 Å². The van der Waals surface area contributed by atoms with E-state index in [2.05, 4.69) is 36.2 Å². The number of rotatable bonds is 6. The van der Waals surface area contributed by atoms with E-state index in [1.54, 1.807) is 11.8 Å². The number of aromatic nitrogens is 2. The van der Waals surface area contributed by atoms with Gasteiger partial charge >= 0.3 is 0 Å². The fourth-order valence-corrected chi connectivity index (χ4v) is 1.87. The van der Waals surface area contributed by atoms with Gasteiger partial charge in [0.2, 0.25) is 5.88 Å². The van der Waals surface area contributed by atoms with Gasteiger partial charge in [0.05, 0.1) is 24.9 Å². The van der Waals surface area contributed by atoms with Gasteiger partial charge in [-0.05, 0) is 19.8 Å². The summed E-state index contributed by atoms with van der Waals surface area (Å²) in [5.41, 5.74) is 7.86. The quantitative estimate of drug-likeness (QED) is 0.599. The summed E-state index contributed by atoms with van der Waals surface area (Å²) >= 11 is 0. The molecular weight excluding hydrogens is 242 g/mol. The first kappa shape index (κ1) is 15.3. The molecule has 0 aliphatic carbocycles. The molecule has 0 aromatic carbocycles. The molecule has 1 heterocycles. The number of hydrogen-bond acceptors (Lipinski definition) is 3. The molecule has 0 saturated heterocycles. The van der Waals surface area contributed by atoms with Crippen LogP contribution in [0.25, 0.3) is 0 Å². The summed E-state index contributed by atoms with van der Waals surface area (Å²) < 4.78 is 7.10. The lowest BCUT2D eigenvalue weighted by Gasteiger charge is -2.11. The molecule has 0 spiro atoms. The molecule has 0 fully saturated rings. The number of nitrogens with zero attached hydrogens (tertiary/aromatic N) is 3. The van der Waals surface area contributed by atoms with Gasteiger partial charge in [-0.25, -0.2) is 9.67 Å². The van der Waals surface area contributed by atoms with Crippen LogP contribution >= 0.6 is 0 Å². The lowest BCUT2D eigenvalue weighted by Crippen LogP contribution is -2.38. The monoisotopic (exact) mass is 267 g/mol. The summed E-state index contributed by atoms with van der Waals surface area (Å²) in [5.74, 6) is 1.21. The predicted molar refractivity (Wildman–Crippen MR) is 77.4 cm³/mol. The van der Waals surface area contributed by atoms with Crippen LogP contribution < -0.4 is 15.8 Å². The second-order valence-corrected chi connectivity index (χ2v) is 4.57. The van der Waals surface area contributed by atoms with Gasteiger partial charge in [0.1, 0.15) is 0 Å². The van der Waals surface area contributed by atoms with E-state index in [-0.39, 0.29) is 0 Å². The van der Waals surface area contributed by atoms with Crippen molar-refractivity contribution in [3.05, 3.63) is 11.3 Å². The zero-order valence-electron chi connectivity index (χ0n) is 12.5. The molecule has 6 nitrogen and oxygen atoms in total. The highest BCUT2D eigenvalue weighted by Gasteiger charge is 2.15. The van der Waals surface area contributed by atoms with Crippen molar-refractivity contribution in [2.24, 2.45) is 17.8 Å². The minimum Gasteiger partial charge on any atom is -0.481 e. The van der Waals surface area contributed by atoms with E-state index in [9.17, 15) is 0 Å². The van der Waals surface area contributed by atoms with E-state index in [0.29, 0.717) is 18.5 Å². The Hall–Kier alpha value is -1.72. The number of guanidine groups is 1. The van der Waals surface area contributed by atoms with Crippen LogP contribution in [0.4, 0.5) is 0 Å². The van der Waals surface area contributed by atoms with Gasteiger partial charge in [0.15, 0.2) is 5.96 Å². The highest BCUT2D eigenvalue weighted by molar-refractivity contribution is 5.78. The number of methoxy groups -OCH3 is 1. The zero-order chi connectivity index (χ0) is 14.4. The number of nitrogens with one attached hydrogen (secondary N) is 1. The van der Waals surface area contributed by atoms with Crippen LogP contribution in [0.15, 0.2) is 4.99 Å². The molecule has 1 aromatic heterocycles. The smallest absolute Gasteiger partial charge is 0.216 e. The molecule has 6 heteroatoms. The van der Waals surface area contributed by atoms with Crippen LogP contribution in [0.5, 0.6) is 5.88 Å². The number of ether oxygens (including phenoxy) is 1. The summed E-state index contributed by atoms with van der Waals surface area (Å²) in [4.78, 5) is 4.36. The van der Waals surface area contributed by atoms with E-state index >= 15 is 0 Å². The lowest BCUT2D eigenvalue weighted by molar-refractivity contribution is 0.369. The third-order valence-corrected chi connectivity index (χ3v) is 3.11. The molecule has 0 saturated carbocycles. The normalized spacial score (nSPS) is 13.4. The van der Waals surface area contributed by atoms with Crippen LogP contribution in [-0.2, 0) is 20.0 Å². The first-order chi connectivity index (χ1) is 9.03. The molecule has 0 bridgehead atoms. The van der Waals surface area contributed by atoms with Crippen LogP contribution in [0.1, 0.15) is 38.4 Å². The minimum absolute atomic E-state index is 0.324. The molecule has 0 radical (unpaired) electrons. The van der Waals surface area contributed by atoms with Gasteiger partial charge < -0.3 is 15.8 Å². The van der Waals surface area contributed by atoms with Gasteiger partial charge in [-0.3, -0.25) is 0 Å². The molecule has 3 N–H and O–H groups in total. The highest BCUT2D eigenvalue weighted by Crippen LogP contribution is 2.22. The van der Waals surface area contributed by atoms with Crippen LogP contribution in [0.2, 0.25) is 0 Å². The Morgan fingerprint density at radius 3 is 2.74 bits per heavy atom. The minimum atomic E-state index is 0.324. The summed E-state index contributed by atoms with van der Waals surface area (Å²) in [6.45, 7) is 6.72. The Kier molecular flexibility index (Phi) is 5.66. The van der Waals surface area contributed by atoms with Crippen molar-refractivity contribution in [3.8, 4) is 5.88 Å². The summed E-state index contributed by atoms with van der Waals surface area (Å²) in [7, 11) is 3.51. The maximum Gasteiger partial charge on any atom is 0.216 e. The molecule has 1 rings (SSSR count). The average Bonchev–Trinajstić information content (AvgIpc) is 2.71. The molecule has 108 valence electrons. The topological polar surface area (TPSA) is 77.5 Å². The van der Waals surface area contributed by atoms with Crippen molar-refractivity contribution < 1.29 is 4.74 Å². The van der Waals surface area contributed by atoms with E-state index in [1.165, 1.54) is 0 Å². The summed E-state index contributed by atoms with van der Waals surface area (Å²) in [6, 6.07) is 0.324. The molecule has 0 aliphatic heterocycles. The van der Waals surface area contributed by atoms with Crippen molar-refractivity contribution in [3.63, 3.8) is 0 Å². The Balaban J connectivity index is 2.84. The lowest BCUT2D eigenvalue weighted by atomic mass is 10.2. The molecular formula is C13H25N5O. The van der Waals surface area contributed by atoms with Crippen LogP contribution in [0, 0.1) is 0 Å². The second-order valence-electron chi connectivity index (χ2n) is 4.57. The van der Waals surface area contributed by atoms with Crippen molar-refractivity contribution in [2.45, 2.75) is 46.2 Å². The molecule has 0 amide bonds. The van der Waals surface area contributed by atoms with E-state index in [0.717, 1.165) is 30.0 Å². The van der Waals surface area contributed by atoms with Crippen LogP contribution in [0.3, 0.4) is 0 Å². The Morgan fingerprint density at radius 1 is 1.53 bits per heavy atom. The first-order valence-corrected chi connectivity index (χ1v) is 6.68. The standard InChI is InChI=1S/C13H25N5O/c1-6-9(3)16-13(14)15-8-10-11(7-2)17-18(4)12(10)19-5/h9H,6-8H2,1-5H3,(H3,14,15,16). The number of aliphatic imine (C=N–C) groups is 1. The maximum absolute atomic E-state index is 5.86. The van der Waals surface area contributed by atoms with Gasteiger partial charge in [-0.2, -0.15) is 5.10 Å². The number of nitrogens with two attached hydrogens (primary N) is 1. The van der Waals surface area contributed by atoms with Gasteiger partial charge in [-0.15, -0.1) is 0 Å². The van der Waals surface area contributed by atoms with Crippen molar-refractivity contribution in [1.82, 2.24) is 15.1 Å². The van der Waals surface area contributed by atoms with E-state index in [1.807, 2.05) is 7.05 Å². The second kappa shape index (κ2) is 7.01. The third kappa shape index (κ3) is 3.87. The molecule has 1 unspecified atom stereocenters. The number of aryl methyl sites for hydroxylation is 2. The third-order valence-electron chi connectivity index (χ3n) is 3.11. The van der Waals surface area contributed by atoms with Crippen LogP contribution in [-0.4, -0.2) is 28.9 Å². The SMILES string of the molecule is CCc1nn(C)c(OC)c1CN=C(N)NC(C)CC. The Labute approximate surface area is 115 Å². The molecule has 1 aromatic rings. The maximum atomic E-state index is 5.86. The van der Waals surface area contributed by atoms with Gasteiger partial charge in [-0.1, -0.05) is 13.8 Å². The predicted octanol–water partition coefficient (Wildman–Crippen LogP) is 1.19. The van der Waals surface area contributed by atoms with E-state index in [4.69, 9.17) is 10.5 Å². The zero-order valence-corrected chi connectivity index (χ0v) is 12.5. The summed E-state index contributed by atoms with van der Waals surface area (Å²) in [5, 5.41) is 7.56. The molecule has 1 atom stereocenters. The van der Waals surface area contributed by atoms with E-state index < -0.39 is 0 Å². The first-order valence-electron chi connectivity index (χ1n) is 6.68. The van der Waals surface area contributed by atoms with Crippen molar-refractivity contribution >= 4 is 5.96 Å². The van der Waals surface area contributed by atoms with Gasteiger partial charge in [0.25, 0.3) is 0 Å². The van der Waals surface area contributed by atoms with Crippen molar-refractivity contribution in [1.29, 1.82) is 0 Å². The number of hydrogen-bond donors (Lipinski definition) is 2. The van der Waals surface area contributed by atoms with Crippen molar-refractivity contribution in [2.75, 3.05) is 7.11 Å². The molecule has 19 heavy (non-hydrogen) atoms. The summed E-state index contributed by atoms with van der Waals surface area (Å²) in [6.07, 6.45) is 1.85. The fraction of sp³-hybridized carbons (Fsp3) is 0.692.